The molecule has 2 aromatic carbocycles. The summed E-state index contributed by atoms with van der Waals surface area (Å²) in [5, 5.41) is 10.2. The molecule has 112 valence electrons. The second kappa shape index (κ2) is 6.49. The van der Waals surface area contributed by atoms with Crippen molar-refractivity contribution < 1.29 is 23.0 Å². The van der Waals surface area contributed by atoms with Gasteiger partial charge in [-0.25, -0.2) is 13.2 Å². The standard InChI is InChI=1S/C15H12BrF3O2/c1-21-15-7-12(18)10(16)6-9(15)14(20)5-8-2-3-11(17)13(19)4-8/h2-4,6-7,14,20H,5H2,1H3. The van der Waals surface area contributed by atoms with Crippen LogP contribution >= 0.6 is 15.9 Å². The maximum Gasteiger partial charge on any atom is 0.159 e. The van der Waals surface area contributed by atoms with E-state index in [9.17, 15) is 18.3 Å². The molecule has 0 aliphatic heterocycles. The third-order valence-electron chi connectivity index (χ3n) is 3.04. The first-order valence-corrected chi connectivity index (χ1v) is 6.86. The van der Waals surface area contributed by atoms with Gasteiger partial charge in [0.1, 0.15) is 11.6 Å². The molecule has 6 heteroatoms. The van der Waals surface area contributed by atoms with Crippen LogP contribution in [0.25, 0.3) is 0 Å². The highest BCUT2D eigenvalue weighted by molar-refractivity contribution is 9.10. The van der Waals surface area contributed by atoms with Crippen molar-refractivity contribution in [3.05, 3.63) is 63.4 Å². The van der Waals surface area contributed by atoms with Gasteiger partial charge in [0.25, 0.3) is 0 Å². The average molecular weight is 361 g/mol. The van der Waals surface area contributed by atoms with Crippen molar-refractivity contribution in [2.45, 2.75) is 12.5 Å². The fourth-order valence-electron chi connectivity index (χ4n) is 1.98. The Morgan fingerprint density at radius 3 is 2.43 bits per heavy atom. The van der Waals surface area contributed by atoms with Crippen LogP contribution < -0.4 is 4.74 Å². The number of benzene rings is 2. The third kappa shape index (κ3) is 3.57. The van der Waals surface area contributed by atoms with Gasteiger partial charge in [0.05, 0.1) is 17.7 Å². The molecule has 0 spiro atoms. The number of aliphatic hydroxyl groups is 1. The zero-order valence-corrected chi connectivity index (χ0v) is 12.6. The largest absolute Gasteiger partial charge is 0.496 e. The Bertz CT molecular complexity index is 662. The van der Waals surface area contributed by atoms with E-state index in [0.29, 0.717) is 11.1 Å². The summed E-state index contributed by atoms with van der Waals surface area (Å²) in [6.07, 6.45) is -0.993. The predicted octanol–water partition coefficient (Wildman–Crippen LogP) is 4.15. The fourth-order valence-corrected chi connectivity index (χ4v) is 2.34. The predicted molar refractivity (Wildman–Crippen MR) is 75.7 cm³/mol. The second-order valence-electron chi connectivity index (χ2n) is 4.48. The molecule has 0 aliphatic carbocycles. The van der Waals surface area contributed by atoms with E-state index in [1.54, 1.807) is 0 Å². The highest BCUT2D eigenvalue weighted by Crippen LogP contribution is 2.32. The Kier molecular flexibility index (Phi) is 4.90. The van der Waals surface area contributed by atoms with Gasteiger partial charge in [-0.05, 0) is 39.7 Å². The number of hydrogen-bond donors (Lipinski definition) is 1. The first-order valence-electron chi connectivity index (χ1n) is 6.07. The molecule has 0 fully saturated rings. The topological polar surface area (TPSA) is 29.5 Å². The first kappa shape index (κ1) is 15.9. The Morgan fingerprint density at radius 1 is 1.10 bits per heavy atom. The SMILES string of the molecule is COc1cc(F)c(Br)cc1C(O)Cc1ccc(F)c(F)c1. The molecule has 1 unspecified atom stereocenters. The van der Waals surface area contributed by atoms with E-state index in [0.717, 1.165) is 18.2 Å². The van der Waals surface area contributed by atoms with Crippen LogP contribution in [0, 0.1) is 17.5 Å². The highest BCUT2D eigenvalue weighted by atomic mass is 79.9. The highest BCUT2D eigenvalue weighted by Gasteiger charge is 2.17. The second-order valence-corrected chi connectivity index (χ2v) is 5.33. The molecule has 2 rings (SSSR count). The molecule has 0 heterocycles. The van der Waals surface area contributed by atoms with Crippen LogP contribution in [-0.4, -0.2) is 12.2 Å². The van der Waals surface area contributed by atoms with E-state index in [2.05, 4.69) is 15.9 Å². The van der Waals surface area contributed by atoms with E-state index in [-0.39, 0.29) is 16.6 Å². The molecule has 0 radical (unpaired) electrons. The van der Waals surface area contributed by atoms with Crippen molar-refractivity contribution in [2.75, 3.05) is 7.11 Å². The Morgan fingerprint density at radius 2 is 1.81 bits per heavy atom. The van der Waals surface area contributed by atoms with E-state index in [1.807, 2.05) is 0 Å². The molecule has 0 aromatic heterocycles. The molecular formula is C15H12BrF3O2. The lowest BCUT2D eigenvalue weighted by atomic mass is 10.0. The molecule has 2 nitrogen and oxygen atoms in total. The van der Waals surface area contributed by atoms with Crippen LogP contribution in [0.5, 0.6) is 5.75 Å². The number of ether oxygens (including phenoxy) is 1. The molecule has 0 bridgehead atoms. The normalized spacial score (nSPS) is 12.3. The number of methoxy groups -OCH3 is 1. The summed E-state index contributed by atoms with van der Waals surface area (Å²) in [6, 6.07) is 5.94. The van der Waals surface area contributed by atoms with Gasteiger partial charge in [-0.3, -0.25) is 0 Å². The van der Waals surface area contributed by atoms with Crippen molar-refractivity contribution in [2.24, 2.45) is 0 Å². The summed E-state index contributed by atoms with van der Waals surface area (Å²) >= 11 is 3.03. The molecule has 0 amide bonds. The van der Waals surface area contributed by atoms with Crippen LogP contribution in [-0.2, 0) is 6.42 Å². The van der Waals surface area contributed by atoms with Crippen LogP contribution in [0.1, 0.15) is 17.2 Å². The molecule has 0 aliphatic rings. The quantitative estimate of drug-likeness (QED) is 0.887. The summed E-state index contributed by atoms with van der Waals surface area (Å²) in [4.78, 5) is 0. The van der Waals surface area contributed by atoms with Crippen molar-refractivity contribution in [1.29, 1.82) is 0 Å². The fraction of sp³-hybridized carbons (Fsp3) is 0.200. The number of hydrogen-bond acceptors (Lipinski definition) is 2. The smallest absolute Gasteiger partial charge is 0.159 e. The van der Waals surface area contributed by atoms with Gasteiger partial charge in [0.2, 0.25) is 0 Å². The van der Waals surface area contributed by atoms with Crippen molar-refractivity contribution in [3.63, 3.8) is 0 Å². The summed E-state index contributed by atoms with van der Waals surface area (Å²) in [5.74, 6) is -2.26. The Hall–Kier alpha value is -1.53. The average Bonchev–Trinajstić information content (AvgIpc) is 2.45. The summed E-state index contributed by atoms with van der Waals surface area (Å²) < 4.78 is 44.7. The lowest BCUT2D eigenvalue weighted by Gasteiger charge is -2.16. The molecule has 2 aromatic rings. The monoisotopic (exact) mass is 360 g/mol. The van der Waals surface area contributed by atoms with Crippen LogP contribution in [0.2, 0.25) is 0 Å². The zero-order valence-electron chi connectivity index (χ0n) is 11.0. The summed E-state index contributed by atoms with van der Waals surface area (Å²) in [6.45, 7) is 0. The molecular weight excluding hydrogens is 349 g/mol. The van der Waals surface area contributed by atoms with Crippen LogP contribution in [0.15, 0.2) is 34.8 Å². The van der Waals surface area contributed by atoms with Crippen LogP contribution in [0.3, 0.4) is 0 Å². The molecule has 21 heavy (non-hydrogen) atoms. The Labute approximate surface area is 128 Å². The molecule has 0 saturated heterocycles. The van der Waals surface area contributed by atoms with Crippen LogP contribution in [0.4, 0.5) is 13.2 Å². The molecule has 1 N–H and O–H groups in total. The van der Waals surface area contributed by atoms with Gasteiger partial charge in [-0.2, -0.15) is 0 Å². The van der Waals surface area contributed by atoms with Gasteiger partial charge in [0, 0.05) is 18.1 Å². The minimum atomic E-state index is -1.04. The van der Waals surface area contributed by atoms with Gasteiger partial charge in [-0.1, -0.05) is 6.07 Å². The van der Waals surface area contributed by atoms with E-state index in [1.165, 1.54) is 19.2 Å². The van der Waals surface area contributed by atoms with E-state index >= 15 is 0 Å². The summed E-state index contributed by atoms with van der Waals surface area (Å²) in [5.41, 5.74) is 0.777. The van der Waals surface area contributed by atoms with Crippen molar-refractivity contribution in [1.82, 2.24) is 0 Å². The van der Waals surface area contributed by atoms with Gasteiger partial charge >= 0.3 is 0 Å². The number of rotatable bonds is 4. The third-order valence-corrected chi connectivity index (χ3v) is 3.65. The molecule has 0 saturated carbocycles. The lowest BCUT2D eigenvalue weighted by Crippen LogP contribution is -2.05. The van der Waals surface area contributed by atoms with Crippen molar-refractivity contribution >= 4 is 15.9 Å². The lowest BCUT2D eigenvalue weighted by molar-refractivity contribution is 0.173. The maximum absolute atomic E-state index is 13.4. The molecule has 1 atom stereocenters. The minimum Gasteiger partial charge on any atom is -0.496 e. The van der Waals surface area contributed by atoms with E-state index < -0.39 is 23.6 Å². The van der Waals surface area contributed by atoms with E-state index in [4.69, 9.17) is 4.74 Å². The van der Waals surface area contributed by atoms with Crippen molar-refractivity contribution in [3.8, 4) is 5.75 Å². The maximum atomic E-state index is 13.4. The van der Waals surface area contributed by atoms with Gasteiger partial charge < -0.3 is 9.84 Å². The Balaban J connectivity index is 2.29. The van der Waals surface area contributed by atoms with Gasteiger partial charge in [0.15, 0.2) is 11.6 Å². The zero-order chi connectivity index (χ0) is 15.6. The van der Waals surface area contributed by atoms with Gasteiger partial charge in [-0.15, -0.1) is 0 Å². The number of halogens is 4. The summed E-state index contributed by atoms with van der Waals surface area (Å²) in [7, 11) is 1.36. The first-order chi connectivity index (χ1) is 9.92. The number of aliphatic hydroxyl groups excluding tert-OH is 1. The minimum absolute atomic E-state index is 0.0473.